The lowest BCUT2D eigenvalue weighted by atomic mass is 9.95. The quantitative estimate of drug-likeness (QED) is 0.695. The predicted octanol–water partition coefficient (Wildman–Crippen LogP) is 4.02. The molecule has 1 saturated heterocycles. The van der Waals surface area contributed by atoms with Crippen LogP contribution in [-0.2, 0) is 9.59 Å². The highest BCUT2D eigenvalue weighted by atomic mass is 79.9. The van der Waals surface area contributed by atoms with Crippen LogP contribution in [0.5, 0.6) is 0 Å². The average Bonchev–Trinajstić information content (AvgIpc) is 2.76. The molecule has 2 aromatic rings. The van der Waals surface area contributed by atoms with Gasteiger partial charge in [-0.15, -0.1) is 0 Å². The van der Waals surface area contributed by atoms with E-state index < -0.39 is 0 Å². The molecule has 0 spiro atoms. The number of rotatable bonds is 5. The molecular formula is C24H28BrN3O3. The maximum absolute atomic E-state index is 12.8. The monoisotopic (exact) mass is 485 g/mol. The Morgan fingerprint density at radius 2 is 1.71 bits per heavy atom. The first-order valence-electron chi connectivity index (χ1n) is 10.4. The molecule has 6 nitrogen and oxygen atoms in total. The summed E-state index contributed by atoms with van der Waals surface area (Å²) >= 11 is 3.37. The van der Waals surface area contributed by atoms with E-state index in [4.69, 9.17) is 0 Å². The molecule has 0 bridgehead atoms. The first-order valence-corrected chi connectivity index (χ1v) is 11.2. The molecule has 0 atom stereocenters. The Balaban J connectivity index is 1.50. The molecule has 1 aliphatic heterocycles. The molecule has 2 aromatic carbocycles. The van der Waals surface area contributed by atoms with Crippen molar-refractivity contribution in [2.75, 3.05) is 32.0 Å². The van der Waals surface area contributed by atoms with E-state index >= 15 is 0 Å². The van der Waals surface area contributed by atoms with Crippen molar-refractivity contribution < 1.29 is 14.4 Å². The summed E-state index contributed by atoms with van der Waals surface area (Å²) in [6.45, 7) is 5.03. The lowest BCUT2D eigenvalue weighted by molar-refractivity contribution is -0.138. The predicted molar refractivity (Wildman–Crippen MR) is 125 cm³/mol. The molecule has 0 unspecified atom stereocenters. The SMILES string of the molecule is Cc1cccc(NC(=O)CN(C)C(=O)C2CCN(C(=O)c3ccc(Br)cc3)CC2)c1C. The number of nitrogens with zero attached hydrogens (tertiary/aromatic N) is 2. The van der Waals surface area contributed by atoms with Crippen molar-refractivity contribution in [2.24, 2.45) is 5.92 Å². The minimum absolute atomic E-state index is 0.00422. The van der Waals surface area contributed by atoms with Gasteiger partial charge in [-0.1, -0.05) is 28.1 Å². The number of halogens is 1. The molecule has 3 amide bonds. The van der Waals surface area contributed by atoms with Gasteiger partial charge in [0.2, 0.25) is 11.8 Å². The fourth-order valence-corrected chi connectivity index (χ4v) is 4.05. The standard InChI is InChI=1S/C24H28BrN3O3/c1-16-5-4-6-21(17(16)2)26-22(29)15-27(3)23(30)19-11-13-28(14-12-19)24(31)18-7-9-20(25)10-8-18/h4-10,19H,11-15H2,1-3H3,(H,26,29). The van der Waals surface area contributed by atoms with Crippen LogP contribution < -0.4 is 5.32 Å². The highest BCUT2D eigenvalue weighted by Gasteiger charge is 2.30. The molecule has 31 heavy (non-hydrogen) atoms. The number of hydrogen-bond acceptors (Lipinski definition) is 3. The molecule has 0 aromatic heterocycles. The van der Waals surface area contributed by atoms with E-state index in [-0.39, 0.29) is 30.2 Å². The number of aryl methyl sites for hydroxylation is 1. The Kier molecular flexibility index (Phi) is 7.49. The van der Waals surface area contributed by atoms with E-state index in [1.807, 2.05) is 44.2 Å². The third-order valence-electron chi connectivity index (χ3n) is 5.86. The van der Waals surface area contributed by atoms with Crippen LogP contribution in [0.15, 0.2) is 46.9 Å². The summed E-state index contributed by atoms with van der Waals surface area (Å²) < 4.78 is 0.929. The van der Waals surface area contributed by atoms with Crippen LogP contribution in [0.25, 0.3) is 0 Å². The van der Waals surface area contributed by atoms with E-state index in [1.165, 1.54) is 4.90 Å². The molecule has 1 aliphatic rings. The second-order valence-electron chi connectivity index (χ2n) is 8.06. The summed E-state index contributed by atoms with van der Waals surface area (Å²) in [4.78, 5) is 41.2. The van der Waals surface area contributed by atoms with Gasteiger partial charge in [0.05, 0.1) is 6.54 Å². The summed E-state index contributed by atoms with van der Waals surface area (Å²) in [5.41, 5.74) is 3.54. The number of likely N-dealkylation sites (N-methyl/N-ethyl adjacent to an activating group) is 1. The minimum atomic E-state index is -0.215. The Morgan fingerprint density at radius 3 is 2.35 bits per heavy atom. The van der Waals surface area contributed by atoms with Crippen molar-refractivity contribution in [1.29, 1.82) is 0 Å². The van der Waals surface area contributed by atoms with E-state index in [9.17, 15) is 14.4 Å². The molecular weight excluding hydrogens is 458 g/mol. The van der Waals surface area contributed by atoms with Crippen LogP contribution in [0.4, 0.5) is 5.69 Å². The zero-order valence-electron chi connectivity index (χ0n) is 18.2. The summed E-state index contributed by atoms with van der Waals surface area (Å²) in [5, 5.41) is 2.89. The first kappa shape index (κ1) is 23.0. The zero-order valence-corrected chi connectivity index (χ0v) is 19.7. The van der Waals surface area contributed by atoms with E-state index in [0.29, 0.717) is 31.5 Å². The minimum Gasteiger partial charge on any atom is -0.339 e. The van der Waals surface area contributed by atoms with Crippen LogP contribution in [0, 0.1) is 19.8 Å². The number of likely N-dealkylation sites (tertiary alicyclic amines) is 1. The maximum atomic E-state index is 12.8. The van der Waals surface area contributed by atoms with Gasteiger partial charge >= 0.3 is 0 Å². The van der Waals surface area contributed by atoms with Crippen LogP contribution in [0.1, 0.15) is 34.3 Å². The second-order valence-corrected chi connectivity index (χ2v) is 8.98. The molecule has 0 aliphatic carbocycles. The maximum Gasteiger partial charge on any atom is 0.253 e. The topological polar surface area (TPSA) is 69.7 Å². The van der Waals surface area contributed by atoms with Gasteiger partial charge in [0, 0.05) is 41.8 Å². The highest BCUT2D eigenvalue weighted by Crippen LogP contribution is 2.22. The molecule has 1 fully saturated rings. The van der Waals surface area contributed by atoms with Crippen LogP contribution >= 0.6 is 15.9 Å². The number of carbonyl (C=O) groups is 3. The molecule has 3 rings (SSSR count). The van der Waals surface area contributed by atoms with Gasteiger partial charge in [-0.3, -0.25) is 14.4 Å². The van der Waals surface area contributed by atoms with Crippen LogP contribution in [0.3, 0.4) is 0 Å². The van der Waals surface area contributed by atoms with E-state index in [2.05, 4.69) is 21.2 Å². The average molecular weight is 486 g/mol. The summed E-state index contributed by atoms with van der Waals surface area (Å²) in [6.07, 6.45) is 1.20. The highest BCUT2D eigenvalue weighted by molar-refractivity contribution is 9.10. The number of amides is 3. The fourth-order valence-electron chi connectivity index (χ4n) is 3.79. The zero-order chi connectivity index (χ0) is 22.5. The van der Waals surface area contributed by atoms with E-state index in [0.717, 1.165) is 21.3 Å². The largest absolute Gasteiger partial charge is 0.339 e. The number of piperidine rings is 1. The van der Waals surface area contributed by atoms with Gasteiger partial charge in [-0.25, -0.2) is 0 Å². The van der Waals surface area contributed by atoms with Gasteiger partial charge in [0.25, 0.3) is 5.91 Å². The van der Waals surface area contributed by atoms with Crippen molar-refractivity contribution >= 4 is 39.3 Å². The summed E-state index contributed by atoms with van der Waals surface area (Å²) in [6, 6.07) is 13.0. The second kappa shape index (κ2) is 10.1. The van der Waals surface area contributed by atoms with Gasteiger partial charge in [0.15, 0.2) is 0 Å². The molecule has 0 saturated carbocycles. The Bertz CT molecular complexity index is 967. The molecule has 164 valence electrons. The molecule has 0 radical (unpaired) electrons. The van der Waals surface area contributed by atoms with Gasteiger partial charge in [-0.05, 0) is 68.1 Å². The lowest BCUT2D eigenvalue weighted by Crippen LogP contribution is -2.45. The van der Waals surface area contributed by atoms with Crippen molar-refractivity contribution in [3.8, 4) is 0 Å². The third kappa shape index (κ3) is 5.73. The molecule has 1 N–H and O–H groups in total. The number of carbonyl (C=O) groups excluding carboxylic acids is 3. The number of hydrogen-bond donors (Lipinski definition) is 1. The van der Waals surface area contributed by atoms with Crippen molar-refractivity contribution in [3.63, 3.8) is 0 Å². The third-order valence-corrected chi connectivity index (χ3v) is 6.39. The van der Waals surface area contributed by atoms with Crippen molar-refractivity contribution in [3.05, 3.63) is 63.6 Å². The van der Waals surface area contributed by atoms with Gasteiger partial charge < -0.3 is 15.1 Å². The number of anilines is 1. The number of nitrogens with one attached hydrogen (secondary N) is 1. The fraction of sp³-hybridized carbons (Fsp3) is 0.375. The van der Waals surface area contributed by atoms with Crippen LogP contribution in [-0.4, -0.2) is 54.2 Å². The number of benzene rings is 2. The summed E-state index contributed by atoms with van der Waals surface area (Å²) in [5.74, 6) is -0.452. The van der Waals surface area contributed by atoms with Gasteiger partial charge in [0.1, 0.15) is 0 Å². The first-order chi connectivity index (χ1) is 14.8. The van der Waals surface area contributed by atoms with Gasteiger partial charge in [-0.2, -0.15) is 0 Å². The molecule has 1 heterocycles. The van der Waals surface area contributed by atoms with Crippen molar-refractivity contribution in [2.45, 2.75) is 26.7 Å². The van der Waals surface area contributed by atoms with Crippen LogP contribution in [0.2, 0.25) is 0 Å². The Morgan fingerprint density at radius 1 is 1.06 bits per heavy atom. The normalized spacial score (nSPS) is 14.3. The van der Waals surface area contributed by atoms with E-state index in [1.54, 1.807) is 24.1 Å². The van der Waals surface area contributed by atoms with Crippen molar-refractivity contribution in [1.82, 2.24) is 9.80 Å². The lowest BCUT2D eigenvalue weighted by Gasteiger charge is -2.33. The Labute approximate surface area is 191 Å². The smallest absolute Gasteiger partial charge is 0.253 e. The Hall–Kier alpha value is -2.67. The molecule has 7 heteroatoms. The summed E-state index contributed by atoms with van der Waals surface area (Å²) in [7, 11) is 1.66.